The zero-order valence-electron chi connectivity index (χ0n) is 45.8. The highest BCUT2D eigenvalue weighted by atomic mass is 19.2. The summed E-state index contributed by atoms with van der Waals surface area (Å²) >= 11 is 0. The molecule has 2 aromatic carbocycles. The van der Waals surface area contributed by atoms with Crippen molar-refractivity contribution >= 4 is 0 Å². The van der Waals surface area contributed by atoms with Gasteiger partial charge in [0.1, 0.15) is 0 Å². The summed E-state index contributed by atoms with van der Waals surface area (Å²) in [7, 11) is 0. The minimum absolute atomic E-state index is 0.0499. The van der Waals surface area contributed by atoms with Crippen molar-refractivity contribution in [3.05, 3.63) is 47.5 Å². The van der Waals surface area contributed by atoms with Gasteiger partial charge in [-0.05, 0) is 181 Å². The van der Waals surface area contributed by atoms with E-state index in [4.69, 9.17) is 28.4 Å². The van der Waals surface area contributed by atoms with Gasteiger partial charge in [-0.2, -0.15) is 17.6 Å². The largest absolute Gasteiger partial charge is 0.490 e. The van der Waals surface area contributed by atoms with Gasteiger partial charge in [-0.25, -0.2) is 0 Å². The Morgan fingerprint density at radius 2 is 0.726 bits per heavy atom. The Kier molecular flexibility index (Phi) is 24.5. The van der Waals surface area contributed by atoms with E-state index < -0.39 is 29.1 Å². The van der Waals surface area contributed by atoms with Gasteiger partial charge in [0.15, 0.2) is 28.8 Å². The lowest BCUT2D eigenvalue weighted by Crippen LogP contribution is -2.44. The lowest BCUT2D eigenvalue weighted by Gasteiger charge is -2.40. The highest BCUT2D eigenvalue weighted by Gasteiger charge is 2.37. The van der Waals surface area contributed by atoms with E-state index in [2.05, 4.69) is 20.8 Å². The van der Waals surface area contributed by atoms with Crippen molar-refractivity contribution in [2.24, 2.45) is 53.3 Å². The summed E-state index contributed by atoms with van der Waals surface area (Å²) in [6, 6.07) is 5.94. The average molecular weight is 1030 g/mol. The van der Waals surface area contributed by atoms with Crippen LogP contribution in [0.5, 0.6) is 23.0 Å². The zero-order chi connectivity index (χ0) is 51.3. The third kappa shape index (κ3) is 17.9. The molecule has 0 N–H and O–H groups in total. The fourth-order valence-corrected chi connectivity index (χ4v) is 13.8. The fraction of sp³-hybridized carbons (Fsp3) is 0.810. The highest BCUT2D eigenvalue weighted by molar-refractivity contribution is 5.36. The molecular formula is C63H98F4O6. The molecule has 0 aromatic heterocycles. The molecule has 5 aliphatic rings. The van der Waals surface area contributed by atoms with Gasteiger partial charge in [0.05, 0.1) is 39.6 Å². The van der Waals surface area contributed by atoms with Gasteiger partial charge in [0.2, 0.25) is 23.3 Å². The van der Waals surface area contributed by atoms with Crippen molar-refractivity contribution in [2.45, 2.75) is 232 Å². The number of unbranched alkanes of at least 4 members (excludes halogenated alkanes) is 6. The number of hydrogen-bond donors (Lipinski definition) is 0. The molecule has 4 aliphatic carbocycles. The second kappa shape index (κ2) is 30.9. The van der Waals surface area contributed by atoms with Crippen LogP contribution in [0.3, 0.4) is 0 Å². The lowest BCUT2D eigenvalue weighted by atomic mass is 9.69. The van der Waals surface area contributed by atoms with E-state index in [1.54, 1.807) is 0 Å². The van der Waals surface area contributed by atoms with Gasteiger partial charge in [-0.3, -0.25) is 0 Å². The first-order valence-corrected chi connectivity index (χ1v) is 30.4. The third-order valence-corrected chi connectivity index (χ3v) is 18.6. The Balaban J connectivity index is 0.769. The molecule has 6 nitrogen and oxygen atoms in total. The molecule has 73 heavy (non-hydrogen) atoms. The van der Waals surface area contributed by atoms with Gasteiger partial charge in [0, 0.05) is 18.8 Å². The molecule has 0 radical (unpaired) electrons. The third-order valence-electron chi connectivity index (χ3n) is 18.6. The molecule has 0 atom stereocenters. The van der Waals surface area contributed by atoms with Crippen molar-refractivity contribution in [1.29, 1.82) is 0 Å². The van der Waals surface area contributed by atoms with Gasteiger partial charge in [-0.1, -0.05) is 104 Å². The predicted octanol–water partition coefficient (Wildman–Crippen LogP) is 18.3. The first-order valence-electron chi connectivity index (χ1n) is 30.4. The number of halogens is 4. The Bertz CT molecular complexity index is 1720. The van der Waals surface area contributed by atoms with Gasteiger partial charge >= 0.3 is 0 Å². The maximum absolute atomic E-state index is 15.2. The molecule has 5 fully saturated rings. The summed E-state index contributed by atoms with van der Waals surface area (Å²) in [4.78, 5) is 0. The Hall–Kier alpha value is -2.72. The van der Waals surface area contributed by atoms with Crippen molar-refractivity contribution in [3.63, 3.8) is 0 Å². The van der Waals surface area contributed by atoms with Gasteiger partial charge in [-0.15, -0.1) is 0 Å². The van der Waals surface area contributed by atoms with Gasteiger partial charge in [0.25, 0.3) is 0 Å². The van der Waals surface area contributed by atoms with E-state index in [-0.39, 0.29) is 36.2 Å². The Morgan fingerprint density at radius 1 is 0.384 bits per heavy atom. The van der Waals surface area contributed by atoms with Crippen LogP contribution in [0, 0.1) is 76.5 Å². The molecule has 1 aliphatic heterocycles. The second-order valence-electron chi connectivity index (χ2n) is 23.9. The van der Waals surface area contributed by atoms with Crippen LogP contribution in [0.15, 0.2) is 24.3 Å². The molecule has 7 rings (SSSR count). The molecular weight excluding hydrogens is 929 g/mol. The van der Waals surface area contributed by atoms with Crippen molar-refractivity contribution in [1.82, 2.24) is 0 Å². The van der Waals surface area contributed by atoms with Crippen LogP contribution in [0.25, 0.3) is 0 Å². The molecule has 0 spiro atoms. The summed E-state index contributed by atoms with van der Waals surface area (Å²) in [6.45, 7) is 9.20. The van der Waals surface area contributed by atoms with E-state index in [9.17, 15) is 0 Å². The molecule has 1 saturated heterocycles. The molecule has 4 saturated carbocycles. The van der Waals surface area contributed by atoms with E-state index in [0.29, 0.717) is 82.7 Å². The molecule has 0 bridgehead atoms. The van der Waals surface area contributed by atoms with Crippen molar-refractivity contribution in [2.75, 3.05) is 39.6 Å². The maximum Gasteiger partial charge on any atom is 0.204 e. The summed E-state index contributed by atoms with van der Waals surface area (Å²) in [5, 5.41) is 0. The topological polar surface area (TPSA) is 55.4 Å². The minimum Gasteiger partial charge on any atom is -0.490 e. The predicted molar refractivity (Wildman–Crippen MR) is 286 cm³/mol. The summed E-state index contributed by atoms with van der Waals surface area (Å²) in [5.74, 6) is 1.14. The molecule has 0 amide bonds. The Labute approximate surface area is 439 Å². The van der Waals surface area contributed by atoms with E-state index >= 15 is 17.6 Å². The van der Waals surface area contributed by atoms with E-state index in [1.165, 1.54) is 153 Å². The second-order valence-corrected chi connectivity index (χ2v) is 23.9. The first kappa shape index (κ1) is 58.0. The Morgan fingerprint density at radius 3 is 1.07 bits per heavy atom. The van der Waals surface area contributed by atoms with Crippen LogP contribution in [0.1, 0.15) is 226 Å². The van der Waals surface area contributed by atoms with Crippen molar-refractivity contribution in [3.8, 4) is 23.0 Å². The minimum atomic E-state index is -1.01. The molecule has 414 valence electrons. The molecule has 2 aromatic rings. The SMILES string of the molecule is CCCCCC1CCC(C2CCC(COc3ccc(OCCCCC4(CCCCOc5ccc(OCC6CCC(C7CCC(CCCCC)CC7)CC6)c(F)c5F)OCC(CCC)CO4)c(F)c3F)CC2)CC1. The van der Waals surface area contributed by atoms with Crippen LogP contribution in [-0.4, -0.2) is 45.4 Å². The summed E-state index contributed by atoms with van der Waals surface area (Å²) < 4.78 is 97.1. The quantitative estimate of drug-likeness (QED) is 0.0574. The number of benzene rings is 2. The number of hydrogen-bond acceptors (Lipinski definition) is 6. The standard InChI is InChI=1S/C63H98F4O6/c1-4-7-9-16-46-18-26-51(27-19-46)53-30-22-48(23-31-53)42-70-57-36-34-55(59(64)61(57)66)68-40-13-11-38-63(72-44-50(15-6-3)45-73-63)39-12-14-41-69-56-35-37-58(62(67)60(56)65)71-43-49-24-32-54(33-25-49)52-28-20-47(21-29-52)17-10-8-5-2/h34-37,46-54H,4-33,38-45H2,1-3H3. The number of ether oxygens (including phenoxy) is 6. The smallest absolute Gasteiger partial charge is 0.204 e. The van der Waals surface area contributed by atoms with Crippen molar-refractivity contribution < 1.29 is 46.0 Å². The maximum atomic E-state index is 15.2. The van der Waals surface area contributed by atoms with Crippen LogP contribution in [-0.2, 0) is 9.47 Å². The summed E-state index contributed by atoms with van der Waals surface area (Å²) in [5.41, 5.74) is 0. The number of rotatable bonds is 30. The van der Waals surface area contributed by atoms with Crippen LogP contribution < -0.4 is 18.9 Å². The first-order chi connectivity index (χ1) is 35.7. The highest BCUT2D eigenvalue weighted by Crippen LogP contribution is 2.45. The summed E-state index contributed by atoms with van der Waals surface area (Å²) in [6.07, 6.45) is 37.2. The normalized spacial score (nSPS) is 28.9. The van der Waals surface area contributed by atoms with Crippen LogP contribution in [0.4, 0.5) is 17.6 Å². The monoisotopic (exact) mass is 1030 g/mol. The van der Waals surface area contributed by atoms with E-state index in [0.717, 1.165) is 74.0 Å². The molecule has 1 heterocycles. The zero-order valence-corrected chi connectivity index (χ0v) is 45.8. The molecule has 10 heteroatoms. The van der Waals surface area contributed by atoms with Crippen LogP contribution >= 0.6 is 0 Å². The van der Waals surface area contributed by atoms with Crippen LogP contribution in [0.2, 0.25) is 0 Å². The average Bonchev–Trinajstić information content (AvgIpc) is 3.42. The van der Waals surface area contributed by atoms with E-state index in [1.807, 2.05) is 0 Å². The van der Waals surface area contributed by atoms with Gasteiger partial charge < -0.3 is 28.4 Å². The lowest BCUT2D eigenvalue weighted by molar-refractivity contribution is -0.290. The molecule has 0 unspecified atom stereocenters. The fourth-order valence-electron chi connectivity index (χ4n) is 13.8.